The van der Waals surface area contributed by atoms with Crippen LogP contribution in [-0.4, -0.2) is 32.7 Å². The van der Waals surface area contributed by atoms with Crippen LogP contribution < -0.4 is 10.1 Å². The molecule has 2 aromatic rings. The van der Waals surface area contributed by atoms with Gasteiger partial charge in [-0.2, -0.15) is 5.10 Å². The Morgan fingerprint density at radius 3 is 3.00 bits per heavy atom. The van der Waals surface area contributed by atoms with Gasteiger partial charge in [-0.15, -0.1) is 0 Å². The number of rotatable bonds is 5. The van der Waals surface area contributed by atoms with Gasteiger partial charge < -0.3 is 10.1 Å². The van der Waals surface area contributed by atoms with Crippen LogP contribution in [0.15, 0.2) is 18.6 Å². The number of amides is 1. The molecule has 2 heterocycles. The van der Waals surface area contributed by atoms with Crippen molar-refractivity contribution >= 4 is 17.5 Å². The Morgan fingerprint density at radius 2 is 2.37 bits per heavy atom. The summed E-state index contributed by atoms with van der Waals surface area (Å²) in [5.74, 6) is 0.586. The summed E-state index contributed by atoms with van der Waals surface area (Å²) in [5, 5.41) is 9.29. The van der Waals surface area contributed by atoms with Crippen molar-refractivity contribution < 1.29 is 9.53 Å². The molecular formula is C11H12ClN5O2. The topological polar surface area (TPSA) is 92.8 Å². The fourth-order valence-corrected chi connectivity index (χ4v) is 1.60. The number of aromatic nitrogens is 4. The summed E-state index contributed by atoms with van der Waals surface area (Å²) < 4.78 is 5.19. The molecule has 0 aliphatic heterocycles. The molecule has 2 N–H and O–H groups in total. The quantitative estimate of drug-likeness (QED) is 0.858. The molecule has 2 aromatic heterocycles. The van der Waals surface area contributed by atoms with E-state index >= 15 is 0 Å². The van der Waals surface area contributed by atoms with Crippen molar-refractivity contribution in [2.24, 2.45) is 0 Å². The van der Waals surface area contributed by atoms with Crippen molar-refractivity contribution in [3.05, 3.63) is 35.0 Å². The highest BCUT2D eigenvalue weighted by atomic mass is 35.5. The molecule has 2 rings (SSSR count). The molecule has 100 valence electrons. The molecule has 0 unspecified atom stereocenters. The molecule has 8 heteroatoms. The Kier molecular flexibility index (Phi) is 4.30. The number of nitrogens with zero attached hydrogens (tertiary/aromatic N) is 3. The highest BCUT2D eigenvalue weighted by Crippen LogP contribution is 2.22. The Morgan fingerprint density at radius 1 is 1.53 bits per heavy atom. The van der Waals surface area contributed by atoms with E-state index in [2.05, 4.69) is 25.5 Å². The number of hydrogen-bond acceptors (Lipinski definition) is 5. The molecule has 0 saturated heterocycles. The van der Waals surface area contributed by atoms with Gasteiger partial charge in [-0.25, -0.2) is 9.97 Å². The molecule has 0 saturated carbocycles. The highest BCUT2D eigenvalue weighted by molar-refractivity contribution is 6.32. The van der Waals surface area contributed by atoms with Crippen LogP contribution in [0.4, 0.5) is 0 Å². The van der Waals surface area contributed by atoms with Crippen LogP contribution in [0.25, 0.3) is 0 Å². The SMILES string of the molecule is CCOc1ncc(C(=O)NCc2ncn[nH]2)cc1Cl. The number of halogens is 1. The molecular weight excluding hydrogens is 270 g/mol. The standard InChI is InChI=1S/C11H12ClN5O2/c1-2-19-11-8(12)3-7(4-14-11)10(18)13-5-9-15-6-16-17-9/h3-4,6H,2,5H2,1H3,(H,13,18)(H,15,16,17). The molecule has 0 aliphatic rings. The van der Waals surface area contributed by atoms with Crippen LogP contribution in [0.3, 0.4) is 0 Å². The van der Waals surface area contributed by atoms with E-state index in [0.717, 1.165) is 0 Å². The first-order valence-electron chi connectivity index (χ1n) is 5.61. The van der Waals surface area contributed by atoms with E-state index in [0.29, 0.717) is 28.9 Å². The second-order valence-electron chi connectivity index (χ2n) is 3.56. The summed E-state index contributed by atoms with van der Waals surface area (Å²) >= 11 is 5.96. The fraction of sp³-hybridized carbons (Fsp3) is 0.273. The summed E-state index contributed by atoms with van der Waals surface area (Å²) in [7, 11) is 0. The predicted octanol–water partition coefficient (Wildman–Crippen LogP) is 1.18. The number of hydrogen-bond donors (Lipinski definition) is 2. The van der Waals surface area contributed by atoms with E-state index in [4.69, 9.17) is 16.3 Å². The van der Waals surface area contributed by atoms with Gasteiger partial charge in [0.2, 0.25) is 5.88 Å². The van der Waals surface area contributed by atoms with E-state index in [9.17, 15) is 4.79 Å². The van der Waals surface area contributed by atoms with Crippen LogP contribution in [0, 0.1) is 0 Å². The zero-order valence-corrected chi connectivity index (χ0v) is 10.9. The highest BCUT2D eigenvalue weighted by Gasteiger charge is 2.10. The summed E-state index contributed by atoms with van der Waals surface area (Å²) in [5.41, 5.74) is 0.355. The Hall–Kier alpha value is -2.15. The number of H-pyrrole nitrogens is 1. The largest absolute Gasteiger partial charge is 0.477 e. The molecule has 0 atom stereocenters. The van der Waals surface area contributed by atoms with Crippen LogP contribution >= 0.6 is 11.6 Å². The van der Waals surface area contributed by atoms with Crippen molar-refractivity contribution in [2.75, 3.05) is 6.61 Å². The first-order valence-corrected chi connectivity index (χ1v) is 5.99. The average Bonchev–Trinajstić information content (AvgIpc) is 2.91. The molecule has 0 fully saturated rings. The predicted molar refractivity (Wildman–Crippen MR) is 68.0 cm³/mol. The second kappa shape index (κ2) is 6.14. The van der Waals surface area contributed by atoms with Gasteiger partial charge in [0.15, 0.2) is 0 Å². The summed E-state index contributed by atoms with van der Waals surface area (Å²) in [6, 6.07) is 1.51. The molecule has 0 radical (unpaired) electrons. The normalized spacial score (nSPS) is 10.2. The van der Waals surface area contributed by atoms with Crippen LogP contribution in [0.5, 0.6) is 5.88 Å². The summed E-state index contributed by atoms with van der Waals surface area (Å²) in [4.78, 5) is 19.7. The third-order valence-electron chi connectivity index (χ3n) is 2.23. The van der Waals surface area contributed by atoms with Crippen molar-refractivity contribution in [1.82, 2.24) is 25.5 Å². The van der Waals surface area contributed by atoms with Gasteiger partial charge in [0, 0.05) is 6.20 Å². The minimum Gasteiger partial charge on any atom is -0.477 e. The Bertz CT molecular complexity index is 558. The maximum Gasteiger partial charge on any atom is 0.253 e. The van der Waals surface area contributed by atoms with Crippen molar-refractivity contribution in [1.29, 1.82) is 0 Å². The molecule has 0 bridgehead atoms. The molecule has 0 aliphatic carbocycles. The number of carbonyl (C=O) groups excluding carboxylic acids is 1. The van der Waals surface area contributed by atoms with Crippen LogP contribution in [0.1, 0.15) is 23.1 Å². The third-order valence-corrected chi connectivity index (χ3v) is 2.50. The van der Waals surface area contributed by atoms with Gasteiger partial charge in [0.05, 0.1) is 18.7 Å². The van der Waals surface area contributed by atoms with Crippen molar-refractivity contribution in [3.8, 4) is 5.88 Å². The van der Waals surface area contributed by atoms with Crippen LogP contribution in [-0.2, 0) is 6.54 Å². The lowest BCUT2D eigenvalue weighted by molar-refractivity contribution is 0.0949. The van der Waals surface area contributed by atoms with Gasteiger partial charge in [-0.05, 0) is 13.0 Å². The molecule has 0 aromatic carbocycles. The second-order valence-corrected chi connectivity index (χ2v) is 3.97. The maximum absolute atomic E-state index is 11.8. The van der Waals surface area contributed by atoms with E-state index in [1.165, 1.54) is 18.6 Å². The molecule has 0 spiro atoms. The zero-order valence-electron chi connectivity index (χ0n) is 10.2. The Labute approximate surface area is 114 Å². The molecule has 7 nitrogen and oxygen atoms in total. The monoisotopic (exact) mass is 281 g/mol. The lowest BCUT2D eigenvalue weighted by Gasteiger charge is -2.06. The van der Waals surface area contributed by atoms with Gasteiger partial charge >= 0.3 is 0 Å². The average molecular weight is 282 g/mol. The number of nitrogens with one attached hydrogen (secondary N) is 2. The minimum absolute atomic E-state index is 0.254. The van der Waals surface area contributed by atoms with Gasteiger partial charge in [-0.3, -0.25) is 9.89 Å². The van der Waals surface area contributed by atoms with E-state index in [1.807, 2.05) is 6.92 Å². The van der Waals surface area contributed by atoms with Gasteiger partial charge in [0.1, 0.15) is 17.2 Å². The lowest BCUT2D eigenvalue weighted by atomic mass is 10.2. The van der Waals surface area contributed by atoms with Crippen molar-refractivity contribution in [2.45, 2.75) is 13.5 Å². The number of aromatic amines is 1. The van der Waals surface area contributed by atoms with Gasteiger partial charge in [0.25, 0.3) is 5.91 Å². The smallest absolute Gasteiger partial charge is 0.253 e. The zero-order chi connectivity index (χ0) is 13.7. The maximum atomic E-state index is 11.8. The van der Waals surface area contributed by atoms with Crippen LogP contribution in [0.2, 0.25) is 5.02 Å². The van der Waals surface area contributed by atoms with E-state index < -0.39 is 0 Å². The first kappa shape index (κ1) is 13.3. The third kappa shape index (κ3) is 3.41. The lowest BCUT2D eigenvalue weighted by Crippen LogP contribution is -2.23. The number of carbonyl (C=O) groups is 1. The van der Waals surface area contributed by atoms with Gasteiger partial charge in [-0.1, -0.05) is 11.6 Å². The van der Waals surface area contributed by atoms with E-state index in [-0.39, 0.29) is 12.5 Å². The number of pyridine rings is 1. The van der Waals surface area contributed by atoms with Crippen molar-refractivity contribution in [3.63, 3.8) is 0 Å². The summed E-state index contributed by atoms with van der Waals surface area (Å²) in [6.07, 6.45) is 2.78. The fourth-order valence-electron chi connectivity index (χ4n) is 1.37. The Balaban J connectivity index is 2.01. The summed E-state index contributed by atoms with van der Waals surface area (Å²) in [6.45, 7) is 2.55. The minimum atomic E-state index is -0.297. The molecule has 19 heavy (non-hydrogen) atoms. The first-order chi connectivity index (χ1) is 9.20. The van der Waals surface area contributed by atoms with E-state index in [1.54, 1.807) is 0 Å². The number of ether oxygens (including phenoxy) is 1. The molecule has 1 amide bonds.